The quantitative estimate of drug-likeness (QED) is 0.255. The van der Waals surface area contributed by atoms with E-state index in [4.69, 9.17) is 5.10 Å². The fourth-order valence-electron chi connectivity index (χ4n) is 4.08. The minimum atomic E-state index is -0.763. The Morgan fingerprint density at radius 1 is 1.14 bits per heavy atom. The highest BCUT2D eigenvalue weighted by molar-refractivity contribution is 5.67. The Morgan fingerprint density at radius 2 is 1.89 bits per heavy atom. The molecule has 0 saturated heterocycles. The zero-order valence-electron chi connectivity index (χ0n) is 22.0. The highest BCUT2D eigenvalue weighted by atomic mass is 19.1. The molecule has 6 heteroatoms. The van der Waals surface area contributed by atoms with Crippen molar-refractivity contribution in [3.8, 4) is 16.9 Å². The molecule has 0 fully saturated rings. The summed E-state index contributed by atoms with van der Waals surface area (Å²) in [6.45, 7) is 14.6. The Labute approximate surface area is 215 Å². The molecule has 1 heterocycles. The standard InChI is InChI=1S/C29H37FN4.CH3F/c1-6-25(20-31-7-2)23(5)32-29-19-28(34(33-29)27-16-8-11-21(3)17-27)26-15-10-14-24(18-26)13-9-12-22(4)30;1-2/h7-8,10-11,14-19,22,25,31H,2,5-6,9,12-13,20H2,1,3-4H3,(H,32,33);1H3. The van der Waals surface area contributed by atoms with E-state index in [0.29, 0.717) is 13.6 Å². The number of benzene rings is 2. The van der Waals surface area contributed by atoms with Gasteiger partial charge in [-0.15, -0.1) is 5.10 Å². The molecule has 0 amide bonds. The number of aromatic nitrogens is 2. The van der Waals surface area contributed by atoms with Crippen molar-refractivity contribution in [2.24, 2.45) is 5.92 Å². The maximum Gasteiger partial charge on any atom is 0.153 e. The smallest absolute Gasteiger partial charge is 0.153 e. The summed E-state index contributed by atoms with van der Waals surface area (Å²) in [5.74, 6) is 1.02. The number of hydrogen-bond acceptors (Lipinski definition) is 3. The zero-order valence-corrected chi connectivity index (χ0v) is 22.0. The van der Waals surface area contributed by atoms with Crippen molar-refractivity contribution in [1.29, 1.82) is 0 Å². The van der Waals surface area contributed by atoms with Crippen LogP contribution < -0.4 is 10.6 Å². The minimum Gasteiger partial charge on any atom is -0.391 e. The zero-order chi connectivity index (χ0) is 26.5. The molecular weight excluding hydrogens is 454 g/mol. The molecule has 0 aliphatic heterocycles. The molecule has 2 unspecified atom stereocenters. The number of anilines is 1. The Bertz CT molecular complexity index is 1100. The summed E-state index contributed by atoms with van der Waals surface area (Å²) >= 11 is 0. The van der Waals surface area contributed by atoms with Gasteiger partial charge in [0.05, 0.1) is 24.7 Å². The van der Waals surface area contributed by atoms with E-state index in [1.165, 1.54) is 11.1 Å². The van der Waals surface area contributed by atoms with Crippen molar-refractivity contribution in [3.63, 3.8) is 0 Å². The summed E-state index contributed by atoms with van der Waals surface area (Å²) in [5, 5.41) is 11.5. The molecule has 1 aromatic heterocycles. The first-order chi connectivity index (χ1) is 17.4. The number of alkyl halides is 2. The van der Waals surface area contributed by atoms with Gasteiger partial charge in [0.15, 0.2) is 5.82 Å². The van der Waals surface area contributed by atoms with Crippen molar-refractivity contribution in [3.05, 3.63) is 90.8 Å². The lowest BCUT2D eigenvalue weighted by Crippen LogP contribution is -2.22. The van der Waals surface area contributed by atoms with Crippen LogP contribution in [0.5, 0.6) is 0 Å². The Morgan fingerprint density at radius 3 is 2.56 bits per heavy atom. The van der Waals surface area contributed by atoms with Crippen molar-refractivity contribution >= 4 is 5.82 Å². The molecule has 2 N–H and O–H groups in total. The van der Waals surface area contributed by atoms with Gasteiger partial charge in [-0.1, -0.05) is 50.4 Å². The van der Waals surface area contributed by atoms with Crippen molar-refractivity contribution in [2.75, 3.05) is 19.0 Å². The molecule has 2 atom stereocenters. The molecule has 4 nitrogen and oxygen atoms in total. The second-order valence-electron chi connectivity index (χ2n) is 8.91. The fourth-order valence-corrected chi connectivity index (χ4v) is 4.08. The number of nitrogens with one attached hydrogen (secondary N) is 2. The molecule has 0 aliphatic rings. The van der Waals surface area contributed by atoms with Gasteiger partial charge in [0, 0.05) is 29.8 Å². The van der Waals surface area contributed by atoms with Gasteiger partial charge < -0.3 is 10.6 Å². The molecule has 3 rings (SSSR count). The highest BCUT2D eigenvalue weighted by Gasteiger charge is 2.16. The van der Waals surface area contributed by atoms with Crippen LogP contribution in [0.2, 0.25) is 0 Å². The Kier molecular flexibility index (Phi) is 11.9. The van der Waals surface area contributed by atoms with E-state index in [1.807, 2.05) is 10.7 Å². The molecule has 194 valence electrons. The van der Waals surface area contributed by atoms with Crippen LogP contribution in [0, 0.1) is 12.8 Å². The van der Waals surface area contributed by atoms with Crippen LogP contribution in [-0.4, -0.2) is 29.7 Å². The largest absolute Gasteiger partial charge is 0.391 e. The summed E-state index contributed by atoms with van der Waals surface area (Å²) in [6, 6.07) is 18.9. The van der Waals surface area contributed by atoms with Gasteiger partial charge in [0.25, 0.3) is 0 Å². The third kappa shape index (κ3) is 8.36. The first kappa shape index (κ1) is 28.8. The lowest BCUT2D eigenvalue weighted by molar-refractivity contribution is 0.334. The van der Waals surface area contributed by atoms with Crippen molar-refractivity contribution < 1.29 is 8.78 Å². The lowest BCUT2D eigenvalue weighted by Gasteiger charge is -2.18. The third-order valence-electron chi connectivity index (χ3n) is 6.03. The predicted molar refractivity (Wildman–Crippen MR) is 149 cm³/mol. The first-order valence-electron chi connectivity index (χ1n) is 12.5. The van der Waals surface area contributed by atoms with Crippen LogP contribution in [0.3, 0.4) is 0 Å². The molecule has 0 aliphatic carbocycles. The predicted octanol–water partition coefficient (Wildman–Crippen LogP) is 7.80. The molecule has 36 heavy (non-hydrogen) atoms. The maximum atomic E-state index is 13.2. The molecule has 0 spiro atoms. The summed E-state index contributed by atoms with van der Waals surface area (Å²) < 4.78 is 24.7. The van der Waals surface area contributed by atoms with E-state index in [9.17, 15) is 8.78 Å². The van der Waals surface area contributed by atoms with Gasteiger partial charge >= 0.3 is 0 Å². The summed E-state index contributed by atoms with van der Waals surface area (Å²) in [4.78, 5) is 0. The Balaban J connectivity index is 0.00000222. The SMILES string of the molecule is C=CNCC(CC)C(=C)Nc1cc(-c2cccc(CCCC(C)F)c2)n(-c2cccc(C)c2)n1.CF. The van der Waals surface area contributed by atoms with E-state index >= 15 is 0 Å². The van der Waals surface area contributed by atoms with E-state index in [0.717, 1.165) is 54.3 Å². The second kappa shape index (κ2) is 14.9. The maximum absolute atomic E-state index is 13.2. The molecule has 2 aromatic carbocycles. The summed E-state index contributed by atoms with van der Waals surface area (Å²) in [6.07, 6.45) is 4.18. The monoisotopic (exact) mass is 494 g/mol. The number of hydrogen-bond donors (Lipinski definition) is 2. The normalized spacial score (nSPS) is 12.2. The highest BCUT2D eigenvalue weighted by Crippen LogP contribution is 2.29. The van der Waals surface area contributed by atoms with Crippen molar-refractivity contribution in [2.45, 2.75) is 52.6 Å². The molecule has 0 saturated carbocycles. The summed E-state index contributed by atoms with van der Waals surface area (Å²) in [7, 11) is 0.500. The first-order valence-corrected chi connectivity index (χ1v) is 12.5. The number of aryl methyl sites for hydroxylation is 2. The van der Waals surface area contributed by atoms with Gasteiger partial charge in [-0.05, 0) is 75.1 Å². The van der Waals surface area contributed by atoms with E-state index in [2.05, 4.69) is 86.2 Å². The van der Waals surface area contributed by atoms with Gasteiger partial charge in [-0.25, -0.2) is 9.07 Å². The lowest BCUT2D eigenvalue weighted by atomic mass is 10.0. The van der Waals surface area contributed by atoms with Crippen LogP contribution in [-0.2, 0) is 6.42 Å². The molecule has 3 aromatic rings. The van der Waals surface area contributed by atoms with Crippen LogP contribution in [0.15, 0.2) is 79.7 Å². The van der Waals surface area contributed by atoms with E-state index in [1.54, 1.807) is 13.1 Å². The second-order valence-corrected chi connectivity index (χ2v) is 8.91. The van der Waals surface area contributed by atoms with Crippen LogP contribution in [0.1, 0.15) is 44.2 Å². The van der Waals surface area contributed by atoms with Crippen LogP contribution in [0.25, 0.3) is 16.9 Å². The van der Waals surface area contributed by atoms with Gasteiger partial charge in [0.2, 0.25) is 0 Å². The third-order valence-corrected chi connectivity index (χ3v) is 6.03. The molecule has 0 bridgehead atoms. The number of rotatable bonds is 13. The van der Waals surface area contributed by atoms with Crippen LogP contribution in [0.4, 0.5) is 14.6 Å². The minimum absolute atomic E-state index is 0.256. The number of halogens is 2. The number of nitrogens with zero attached hydrogens (tertiary/aromatic N) is 2. The average molecular weight is 495 g/mol. The van der Waals surface area contributed by atoms with E-state index in [-0.39, 0.29) is 5.92 Å². The van der Waals surface area contributed by atoms with Crippen LogP contribution >= 0.6 is 0 Å². The summed E-state index contributed by atoms with van der Waals surface area (Å²) in [5.41, 5.74) is 6.39. The topological polar surface area (TPSA) is 41.9 Å². The van der Waals surface area contributed by atoms with Gasteiger partial charge in [-0.2, -0.15) is 0 Å². The fraction of sp³-hybridized carbons (Fsp3) is 0.367. The van der Waals surface area contributed by atoms with Gasteiger partial charge in [0.1, 0.15) is 0 Å². The average Bonchev–Trinajstić information content (AvgIpc) is 3.29. The Hall–Kier alpha value is -3.41. The van der Waals surface area contributed by atoms with Gasteiger partial charge in [-0.3, -0.25) is 4.39 Å². The molecule has 0 radical (unpaired) electrons. The van der Waals surface area contributed by atoms with E-state index < -0.39 is 6.17 Å². The van der Waals surface area contributed by atoms with Crippen molar-refractivity contribution in [1.82, 2.24) is 15.1 Å². The molecular formula is C30H40F2N4.